The third-order valence-corrected chi connectivity index (χ3v) is 4.20. The maximum atomic E-state index is 13.0. The van der Waals surface area contributed by atoms with E-state index in [2.05, 4.69) is 10.2 Å². The van der Waals surface area contributed by atoms with Crippen LogP contribution in [-0.4, -0.2) is 56.8 Å². The van der Waals surface area contributed by atoms with E-state index >= 15 is 0 Å². The molecule has 3 nitrogen and oxygen atoms in total. The summed E-state index contributed by atoms with van der Waals surface area (Å²) in [6, 6.07) is 0. The van der Waals surface area contributed by atoms with E-state index in [1.807, 2.05) is 0 Å². The molecule has 2 aliphatic rings. The van der Waals surface area contributed by atoms with Crippen molar-refractivity contribution in [3.05, 3.63) is 0 Å². The van der Waals surface area contributed by atoms with E-state index in [0.29, 0.717) is 18.8 Å². The fraction of sp³-hybridized carbons (Fsp3) is 1.00. The minimum atomic E-state index is -2.40. The van der Waals surface area contributed by atoms with Crippen LogP contribution < -0.4 is 5.32 Å². The van der Waals surface area contributed by atoms with Crippen molar-refractivity contribution in [3.8, 4) is 0 Å². The quantitative estimate of drug-likeness (QED) is 0.752. The van der Waals surface area contributed by atoms with Gasteiger partial charge in [0.15, 0.2) is 0 Å². The van der Waals surface area contributed by atoms with Gasteiger partial charge in [-0.25, -0.2) is 8.78 Å². The average Bonchev–Trinajstić information content (AvgIpc) is 2.41. The summed E-state index contributed by atoms with van der Waals surface area (Å²) in [6.07, 6.45) is 2.62. The second-order valence-corrected chi connectivity index (χ2v) is 5.81. The second kappa shape index (κ2) is 7.50. The molecule has 1 aliphatic heterocycles. The van der Waals surface area contributed by atoms with Gasteiger partial charge in [0.05, 0.1) is 13.2 Å². The van der Waals surface area contributed by atoms with Crippen LogP contribution in [0.2, 0.25) is 0 Å². The molecule has 0 atom stereocenters. The van der Waals surface area contributed by atoms with Crippen LogP contribution in [0, 0.1) is 5.92 Å². The molecule has 5 heteroatoms. The first-order valence-corrected chi connectivity index (χ1v) is 7.54. The molecule has 1 saturated carbocycles. The Morgan fingerprint density at radius 1 is 1.16 bits per heavy atom. The predicted octanol–water partition coefficient (Wildman–Crippen LogP) is 2.12. The summed E-state index contributed by atoms with van der Waals surface area (Å²) in [7, 11) is 0. The number of nitrogens with zero attached hydrogens (tertiary/aromatic N) is 1. The van der Waals surface area contributed by atoms with Crippen LogP contribution in [0.5, 0.6) is 0 Å². The van der Waals surface area contributed by atoms with Crippen LogP contribution in [0.15, 0.2) is 0 Å². The highest BCUT2D eigenvalue weighted by molar-refractivity contribution is 4.78. The van der Waals surface area contributed by atoms with Gasteiger partial charge in [0, 0.05) is 25.9 Å². The van der Waals surface area contributed by atoms with Gasteiger partial charge in [-0.2, -0.15) is 0 Å². The highest BCUT2D eigenvalue weighted by atomic mass is 19.3. The molecule has 112 valence electrons. The van der Waals surface area contributed by atoms with Gasteiger partial charge < -0.3 is 10.1 Å². The zero-order valence-electron chi connectivity index (χ0n) is 11.7. The van der Waals surface area contributed by atoms with E-state index in [1.165, 1.54) is 0 Å². The van der Waals surface area contributed by atoms with Crippen molar-refractivity contribution in [2.75, 3.05) is 45.9 Å². The number of rotatable bonds is 6. The molecule has 2 fully saturated rings. The van der Waals surface area contributed by atoms with Crippen molar-refractivity contribution >= 4 is 0 Å². The summed E-state index contributed by atoms with van der Waals surface area (Å²) in [5.41, 5.74) is 0. The Hall–Kier alpha value is -0.260. The highest BCUT2D eigenvalue weighted by Gasteiger charge is 2.34. The lowest BCUT2D eigenvalue weighted by Crippen LogP contribution is -2.38. The molecule has 0 radical (unpaired) electrons. The molecule has 1 saturated heterocycles. The molecule has 0 aromatic heterocycles. The third kappa shape index (κ3) is 5.71. The molecular weight excluding hydrogens is 250 g/mol. The molecule has 2 rings (SSSR count). The molecule has 0 bridgehead atoms. The Morgan fingerprint density at radius 2 is 1.84 bits per heavy atom. The number of alkyl halides is 2. The summed E-state index contributed by atoms with van der Waals surface area (Å²) in [4.78, 5) is 2.42. The maximum Gasteiger partial charge on any atom is 0.248 e. The summed E-state index contributed by atoms with van der Waals surface area (Å²) in [5.74, 6) is -1.95. The summed E-state index contributed by atoms with van der Waals surface area (Å²) < 4.78 is 31.3. The Kier molecular flexibility index (Phi) is 5.98. The largest absolute Gasteiger partial charge is 0.379 e. The topological polar surface area (TPSA) is 24.5 Å². The van der Waals surface area contributed by atoms with Crippen LogP contribution in [0.25, 0.3) is 0 Å². The van der Waals surface area contributed by atoms with Gasteiger partial charge >= 0.3 is 0 Å². The zero-order chi connectivity index (χ0) is 13.6. The van der Waals surface area contributed by atoms with Crippen molar-refractivity contribution < 1.29 is 13.5 Å². The van der Waals surface area contributed by atoms with Crippen molar-refractivity contribution in [1.82, 2.24) is 10.2 Å². The first kappa shape index (κ1) is 15.1. The van der Waals surface area contributed by atoms with Gasteiger partial charge in [0.1, 0.15) is 0 Å². The summed E-state index contributed by atoms with van der Waals surface area (Å²) in [5, 5.41) is 3.42. The maximum absolute atomic E-state index is 13.0. The van der Waals surface area contributed by atoms with Crippen LogP contribution >= 0.6 is 0 Å². The monoisotopic (exact) mass is 276 g/mol. The molecule has 1 heterocycles. The molecule has 0 aromatic rings. The number of nitrogens with one attached hydrogen (secondary N) is 1. The minimum absolute atomic E-state index is 0.0765. The van der Waals surface area contributed by atoms with Gasteiger partial charge in [0.25, 0.3) is 0 Å². The average molecular weight is 276 g/mol. The van der Waals surface area contributed by atoms with E-state index in [9.17, 15) is 8.78 Å². The van der Waals surface area contributed by atoms with Crippen molar-refractivity contribution in [2.24, 2.45) is 5.92 Å². The molecule has 1 aliphatic carbocycles. The van der Waals surface area contributed by atoms with E-state index in [1.54, 1.807) is 0 Å². The highest BCUT2D eigenvalue weighted by Crippen LogP contribution is 2.35. The van der Waals surface area contributed by atoms with Crippen LogP contribution in [-0.2, 0) is 4.74 Å². The predicted molar refractivity (Wildman–Crippen MR) is 71.7 cm³/mol. The Balaban J connectivity index is 1.46. The number of hydrogen-bond acceptors (Lipinski definition) is 3. The SMILES string of the molecule is FC1(F)CCC(CNCCCN2CCOCC2)CC1. The molecule has 0 unspecified atom stereocenters. The first-order chi connectivity index (χ1) is 9.16. The number of ether oxygens (including phenoxy) is 1. The first-order valence-electron chi connectivity index (χ1n) is 7.54. The number of morpholine rings is 1. The third-order valence-electron chi connectivity index (χ3n) is 4.20. The van der Waals surface area contributed by atoms with Crippen molar-refractivity contribution in [2.45, 2.75) is 38.0 Å². The fourth-order valence-electron chi connectivity index (χ4n) is 2.86. The van der Waals surface area contributed by atoms with Gasteiger partial charge in [0.2, 0.25) is 5.92 Å². The van der Waals surface area contributed by atoms with Crippen LogP contribution in [0.3, 0.4) is 0 Å². The van der Waals surface area contributed by atoms with Gasteiger partial charge in [-0.3, -0.25) is 4.90 Å². The molecule has 1 N–H and O–H groups in total. The van der Waals surface area contributed by atoms with E-state index < -0.39 is 5.92 Å². The second-order valence-electron chi connectivity index (χ2n) is 5.81. The van der Waals surface area contributed by atoms with Crippen LogP contribution in [0.1, 0.15) is 32.1 Å². The lowest BCUT2D eigenvalue weighted by atomic mass is 9.87. The molecule has 19 heavy (non-hydrogen) atoms. The lowest BCUT2D eigenvalue weighted by Gasteiger charge is -2.29. The van der Waals surface area contributed by atoms with Gasteiger partial charge in [-0.05, 0) is 44.8 Å². The number of halogens is 2. The van der Waals surface area contributed by atoms with E-state index in [-0.39, 0.29) is 12.8 Å². The fourth-order valence-corrected chi connectivity index (χ4v) is 2.86. The smallest absolute Gasteiger partial charge is 0.248 e. The van der Waals surface area contributed by atoms with Gasteiger partial charge in [-0.15, -0.1) is 0 Å². The summed E-state index contributed by atoms with van der Waals surface area (Å²) in [6.45, 7) is 6.78. The minimum Gasteiger partial charge on any atom is -0.379 e. The molecule has 0 aromatic carbocycles. The molecule has 0 spiro atoms. The zero-order valence-corrected chi connectivity index (χ0v) is 11.7. The van der Waals surface area contributed by atoms with E-state index in [0.717, 1.165) is 52.4 Å². The molecular formula is C14H26F2N2O. The normalized spacial score (nSPS) is 25.6. The van der Waals surface area contributed by atoms with Crippen molar-refractivity contribution in [3.63, 3.8) is 0 Å². The number of hydrogen-bond donors (Lipinski definition) is 1. The van der Waals surface area contributed by atoms with Crippen molar-refractivity contribution in [1.29, 1.82) is 0 Å². The standard InChI is InChI=1S/C14H26F2N2O/c15-14(16)4-2-13(3-5-14)12-17-6-1-7-18-8-10-19-11-9-18/h13,17H,1-12H2. The molecule has 0 amide bonds. The van der Waals surface area contributed by atoms with Crippen LogP contribution in [0.4, 0.5) is 8.78 Å². The lowest BCUT2D eigenvalue weighted by molar-refractivity contribution is -0.0454. The Bertz CT molecular complexity index is 248. The van der Waals surface area contributed by atoms with E-state index in [4.69, 9.17) is 4.74 Å². The Labute approximate surface area is 114 Å². The Morgan fingerprint density at radius 3 is 2.53 bits per heavy atom. The van der Waals surface area contributed by atoms with Gasteiger partial charge in [-0.1, -0.05) is 0 Å². The summed E-state index contributed by atoms with van der Waals surface area (Å²) >= 11 is 0.